The summed E-state index contributed by atoms with van der Waals surface area (Å²) in [7, 11) is 5.61. The summed E-state index contributed by atoms with van der Waals surface area (Å²) in [5, 5.41) is 6.66. The fourth-order valence-electron chi connectivity index (χ4n) is 2.65. The Balaban J connectivity index is 1.72. The van der Waals surface area contributed by atoms with E-state index < -0.39 is 0 Å². The van der Waals surface area contributed by atoms with Crippen molar-refractivity contribution < 1.29 is 9.47 Å². The van der Waals surface area contributed by atoms with Crippen molar-refractivity contribution >= 4 is 5.96 Å². The number of likely N-dealkylation sites (N-methyl/N-ethyl adjacent to an activating group) is 1. The zero-order chi connectivity index (χ0) is 16.5. The molecule has 0 aromatic heterocycles. The third-order valence-electron chi connectivity index (χ3n) is 3.94. The van der Waals surface area contributed by atoms with Gasteiger partial charge in [0.1, 0.15) is 5.75 Å². The van der Waals surface area contributed by atoms with E-state index in [4.69, 9.17) is 9.47 Å². The molecule has 0 amide bonds. The van der Waals surface area contributed by atoms with E-state index in [1.54, 1.807) is 14.2 Å². The predicted octanol–water partition coefficient (Wildman–Crippen LogP) is 0.733. The standard InChI is InChI=1S/C17H28N4O2/c1-18-17(20-12-15-13-21(2)10-11-23-15)19-9-8-14-6-4-5-7-16(14)22-3/h4-7,15H,8-13H2,1-3H3,(H2,18,19,20). The Morgan fingerprint density at radius 2 is 2.22 bits per heavy atom. The van der Waals surface area contributed by atoms with Crippen LogP contribution in [0.1, 0.15) is 5.56 Å². The van der Waals surface area contributed by atoms with Crippen LogP contribution in [0.3, 0.4) is 0 Å². The van der Waals surface area contributed by atoms with Crippen LogP contribution in [0.5, 0.6) is 5.75 Å². The largest absolute Gasteiger partial charge is 0.496 e. The van der Waals surface area contributed by atoms with Crippen molar-refractivity contribution in [2.45, 2.75) is 12.5 Å². The van der Waals surface area contributed by atoms with Crippen molar-refractivity contribution in [3.8, 4) is 5.75 Å². The second kappa shape index (κ2) is 9.37. The van der Waals surface area contributed by atoms with Gasteiger partial charge in [0.25, 0.3) is 0 Å². The van der Waals surface area contributed by atoms with Crippen molar-refractivity contribution in [3.63, 3.8) is 0 Å². The van der Waals surface area contributed by atoms with E-state index in [0.717, 1.165) is 50.9 Å². The van der Waals surface area contributed by atoms with E-state index in [1.165, 1.54) is 5.56 Å². The summed E-state index contributed by atoms with van der Waals surface area (Å²) >= 11 is 0. The van der Waals surface area contributed by atoms with Crippen LogP contribution < -0.4 is 15.4 Å². The minimum absolute atomic E-state index is 0.210. The molecule has 1 saturated heterocycles. The summed E-state index contributed by atoms with van der Waals surface area (Å²) < 4.78 is 11.1. The fourth-order valence-corrected chi connectivity index (χ4v) is 2.65. The smallest absolute Gasteiger partial charge is 0.191 e. The molecule has 2 rings (SSSR count). The predicted molar refractivity (Wildman–Crippen MR) is 93.3 cm³/mol. The lowest BCUT2D eigenvalue weighted by molar-refractivity contribution is -0.0161. The zero-order valence-corrected chi connectivity index (χ0v) is 14.3. The number of nitrogens with zero attached hydrogens (tertiary/aromatic N) is 2. The van der Waals surface area contributed by atoms with Crippen LogP contribution >= 0.6 is 0 Å². The van der Waals surface area contributed by atoms with Crippen LogP contribution in [0, 0.1) is 0 Å². The first-order chi connectivity index (χ1) is 11.2. The number of aliphatic imine (C=N–C) groups is 1. The quantitative estimate of drug-likeness (QED) is 0.598. The number of rotatable bonds is 6. The minimum atomic E-state index is 0.210. The van der Waals surface area contributed by atoms with Gasteiger partial charge in [0.2, 0.25) is 0 Å². The van der Waals surface area contributed by atoms with Gasteiger partial charge in [-0.25, -0.2) is 0 Å². The molecule has 2 N–H and O–H groups in total. The van der Waals surface area contributed by atoms with Crippen LogP contribution in [-0.2, 0) is 11.2 Å². The van der Waals surface area contributed by atoms with Gasteiger partial charge in [0.05, 0.1) is 19.8 Å². The summed E-state index contributed by atoms with van der Waals surface area (Å²) in [4.78, 5) is 6.54. The highest BCUT2D eigenvalue weighted by molar-refractivity contribution is 5.79. The Morgan fingerprint density at radius 3 is 2.96 bits per heavy atom. The molecule has 1 unspecified atom stereocenters. The van der Waals surface area contributed by atoms with Crippen LogP contribution in [0.4, 0.5) is 0 Å². The second-order valence-electron chi connectivity index (χ2n) is 5.70. The lowest BCUT2D eigenvalue weighted by Crippen LogP contribution is -2.48. The second-order valence-corrected chi connectivity index (χ2v) is 5.70. The summed E-state index contributed by atoms with van der Waals surface area (Å²) in [5.41, 5.74) is 1.19. The van der Waals surface area contributed by atoms with Gasteiger partial charge in [-0.1, -0.05) is 18.2 Å². The first kappa shape index (κ1) is 17.6. The molecule has 0 saturated carbocycles. The molecule has 0 aliphatic carbocycles. The summed E-state index contributed by atoms with van der Waals surface area (Å²) in [6.07, 6.45) is 1.09. The highest BCUT2D eigenvalue weighted by Gasteiger charge is 2.17. The maximum Gasteiger partial charge on any atom is 0.191 e. The summed E-state index contributed by atoms with van der Waals surface area (Å²) in [6, 6.07) is 8.08. The van der Waals surface area contributed by atoms with Gasteiger partial charge in [0, 0.05) is 33.2 Å². The Kier molecular flexibility index (Phi) is 7.16. The van der Waals surface area contributed by atoms with Gasteiger partial charge < -0.3 is 25.0 Å². The van der Waals surface area contributed by atoms with Gasteiger partial charge in [-0.3, -0.25) is 4.99 Å². The molecule has 0 spiro atoms. The molecular weight excluding hydrogens is 292 g/mol. The van der Waals surface area contributed by atoms with Crippen LogP contribution in [0.25, 0.3) is 0 Å². The molecule has 23 heavy (non-hydrogen) atoms. The van der Waals surface area contributed by atoms with Gasteiger partial charge in [-0.15, -0.1) is 0 Å². The zero-order valence-electron chi connectivity index (χ0n) is 14.3. The Morgan fingerprint density at radius 1 is 1.39 bits per heavy atom. The average molecular weight is 320 g/mol. The van der Waals surface area contributed by atoms with Crippen molar-refractivity contribution in [2.24, 2.45) is 4.99 Å². The molecule has 1 aliphatic rings. The lowest BCUT2D eigenvalue weighted by Gasteiger charge is -2.30. The number of methoxy groups -OCH3 is 1. The number of nitrogens with one attached hydrogen (secondary N) is 2. The van der Waals surface area contributed by atoms with Crippen molar-refractivity contribution in [1.29, 1.82) is 0 Å². The number of hydrogen-bond acceptors (Lipinski definition) is 4. The SMILES string of the molecule is CN=C(NCCc1ccccc1OC)NCC1CN(C)CCO1. The molecular formula is C17H28N4O2. The Bertz CT molecular complexity index is 507. The minimum Gasteiger partial charge on any atom is -0.496 e. The molecule has 1 atom stereocenters. The van der Waals surface area contributed by atoms with Crippen LogP contribution in [-0.4, -0.2) is 71.0 Å². The van der Waals surface area contributed by atoms with E-state index in [9.17, 15) is 0 Å². The number of para-hydroxylation sites is 1. The van der Waals surface area contributed by atoms with E-state index in [1.807, 2.05) is 18.2 Å². The first-order valence-corrected chi connectivity index (χ1v) is 8.09. The maximum atomic E-state index is 5.74. The number of hydrogen-bond donors (Lipinski definition) is 2. The van der Waals surface area contributed by atoms with E-state index >= 15 is 0 Å². The van der Waals surface area contributed by atoms with Gasteiger partial charge >= 0.3 is 0 Å². The summed E-state index contributed by atoms with van der Waals surface area (Å²) in [6.45, 7) is 4.31. The number of benzene rings is 1. The van der Waals surface area contributed by atoms with Gasteiger partial charge in [0.15, 0.2) is 5.96 Å². The maximum absolute atomic E-state index is 5.74. The molecule has 1 aromatic carbocycles. The highest BCUT2D eigenvalue weighted by Crippen LogP contribution is 2.17. The number of guanidine groups is 1. The Hall–Kier alpha value is -1.79. The molecule has 6 nitrogen and oxygen atoms in total. The molecule has 0 bridgehead atoms. The molecule has 6 heteroatoms. The molecule has 1 heterocycles. The fraction of sp³-hybridized carbons (Fsp3) is 0.588. The monoisotopic (exact) mass is 320 g/mol. The molecule has 128 valence electrons. The van der Waals surface area contributed by atoms with Gasteiger partial charge in [-0.05, 0) is 25.1 Å². The topological polar surface area (TPSA) is 58.1 Å². The Labute approximate surface area is 138 Å². The normalized spacial score (nSPS) is 19.4. The van der Waals surface area contributed by atoms with Crippen molar-refractivity contribution in [2.75, 3.05) is 54.0 Å². The third kappa shape index (κ3) is 5.73. The van der Waals surface area contributed by atoms with E-state index in [-0.39, 0.29) is 6.10 Å². The first-order valence-electron chi connectivity index (χ1n) is 8.09. The summed E-state index contributed by atoms with van der Waals surface area (Å²) in [5.74, 6) is 1.73. The molecule has 0 radical (unpaired) electrons. The lowest BCUT2D eigenvalue weighted by atomic mass is 10.1. The van der Waals surface area contributed by atoms with E-state index in [0.29, 0.717) is 0 Å². The molecule has 1 aliphatic heterocycles. The van der Waals surface area contributed by atoms with Crippen molar-refractivity contribution in [3.05, 3.63) is 29.8 Å². The molecule has 1 fully saturated rings. The van der Waals surface area contributed by atoms with Gasteiger partial charge in [-0.2, -0.15) is 0 Å². The highest BCUT2D eigenvalue weighted by atomic mass is 16.5. The van der Waals surface area contributed by atoms with Crippen LogP contribution in [0.2, 0.25) is 0 Å². The van der Waals surface area contributed by atoms with Crippen LogP contribution in [0.15, 0.2) is 29.3 Å². The third-order valence-corrected chi connectivity index (χ3v) is 3.94. The number of morpholine rings is 1. The average Bonchev–Trinajstić information content (AvgIpc) is 2.58. The molecule has 1 aromatic rings. The van der Waals surface area contributed by atoms with Crippen molar-refractivity contribution in [1.82, 2.24) is 15.5 Å². The van der Waals surface area contributed by atoms with E-state index in [2.05, 4.69) is 33.6 Å². The number of ether oxygens (including phenoxy) is 2.